The second kappa shape index (κ2) is 8.20. The molecule has 0 saturated carbocycles. The van der Waals surface area contributed by atoms with Gasteiger partial charge < -0.3 is 4.90 Å². The summed E-state index contributed by atoms with van der Waals surface area (Å²) in [6.45, 7) is 3.25. The molecular formula is C22H22F4N4. The predicted octanol–water partition coefficient (Wildman–Crippen LogP) is 4.57. The second-order valence-electron chi connectivity index (χ2n) is 7.56. The number of benzene rings is 2. The maximum atomic E-state index is 14.4. The third kappa shape index (κ3) is 4.11. The minimum Gasteiger partial charge on any atom is -0.304 e. The van der Waals surface area contributed by atoms with Gasteiger partial charge in [-0.25, -0.2) is 4.39 Å². The van der Waals surface area contributed by atoms with Crippen LogP contribution in [0.15, 0.2) is 54.9 Å². The van der Waals surface area contributed by atoms with Gasteiger partial charge in [0.05, 0.1) is 17.8 Å². The number of rotatable bonds is 4. The molecule has 1 unspecified atom stereocenters. The number of halogens is 4. The fourth-order valence-electron chi connectivity index (χ4n) is 3.99. The van der Waals surface area contributed by atoms with Crippen molar-refractivity contribution in [1.29, 1.82) is 0 Å². The van der Waals surface area contributed by atoms with Crippen molar-refractivity contribution in [3.05, 3.63) is 77.4 Å². The van der Waals surface area contributed by atoms with E-state index in [9.17, 15) is 17.6 Å². The highest BCUT2D eigenvalue weighted by molar-refractivity contribution is 5.70. The Bertz CT molecular complexity index is 993. The molecule has 2 heterocycles. The van der Waals surface area contributed by atoms with Crippen molar-refractivity contribution in [2.75, 3.05) is 33.2 Å². The Labute approximate surface area is 172 Å². The monoisotopic (exact) mass is 418 g/mol. The van der Waals surface area contributed by atoms with Crippen molar-refractivity contribution in [2.24, 2.45) is 0 Å². The molecule has 1 saturated heterocycles. The topological polar surface area (TPSA) is 35.2 Å². The molecule has 0 bridgehead atoms. The smallest absolute Gasteiger partial charge is 0.304 e. The van der Waals surface area contributed by atoms with Crippen LogP contribution in [0.4, 0.5) is 17.6 Å². The van der Waals surface area contributed by atoms with Crippen LogP contribution in [-0.4, -0.2) is 53.2 Å². The van der Waals surface area contributed by atoms with Gasteiger partial charge in [0.15, 0.2) is 0 Å². The van der Waals surface area contributed by atoms with E-state index in [1.165, 1.54) is 30.3 Å². The SMILES string of the molecule is CN1CCN(C(c2cn[nH]c2)c2ccc(C(F)(F)F)c(-c3ccccc3F)c2)CC1. The molecule has 158 valence electrons. The van der Waals surface area contributed by atoms with Gasteiger partial charge in [-0.2, -0.15) is 18.3 Å². The van der Waals surface area contributed by atoms with E-state index in [1.807, 2.05) is 7.05 Å². The molecule has 1 atom stereocenters. The molecule has 0 amide bonds. The summed E-state index contributed by atoms with van der Waals surface area (Å²) < 4.78 is 55.6. The van der Waals surface area contributed by atoms with Gasteiger partial charge in [-0.05, 0) is 36.4 Å². The van der Waals surface area contributed by atoms with Crippen LogP contribution in [0.25, 0.3) is 11.1 Å². The van der Waals surface area contributed by atoms with E-state index in [0.29, 0.717) is 5.56 Å². The number of nitrogens with one attached hydrogen (secondary N) is 1. The molecule has 1 N–H and O–H groups in total. The summed E-state index contributed by atoms with van der Waals surface area (Å²) in [6, 6.07) is 9.31. The fourth-order valence-corrected chi connectivity index (χ4v) is 3.99. The first kappa shape index (κ1) is 20.6. The lowest BCUT2D eigenvalue weighted by molar-refractivity contribution is -0.137. The van der Waals surface area contributed by atoms with Gasteiger partial charge in [-0.3, -0.25) is 10.00 Å². The Balaban J connectivity index is 1.84. The molecule has 2 aromatic carbocycles. The minimum absolute atomic E-state index is 0.0593. The molecule has 8 heteroatoms. The van der Waals surface area contributed by atoms with Crippen LogP contribution in [0, 0.1) is 5.82 Å². The van der Waals surface area contributed by atoms with Crippen LogP contribution in [-0.2, 0) is 6.18 Å². The minimum atomic E-state index is -4.59. The lowest BCUT2D eigenvalue weighted by Gasteiger charge is -2.38. The van der Waals surface area contributed by atoms with Crippen LogP contribution in [0.3, 0.4) is 0 Å². The van der Waals surface area contributed by atoms with E-state index in [4.69, 9.17) is 0 Å². The molecule has 1 aromatic heterocycles. The lowest BCUT2D eigenvalue weighted by atomic mass is 9.91. The van der Waals surface area contributed by atoms with Crippen molar-refractivity contribution in [3.63, 3.8) is 0 Å². The summed E-state index contributed by atoms with van der Waals surface area (Å²) >= 11 is 0. The van der Waals surface area contributed by atoms with Gasteiger partial charge in [-0.1, -0.05) is 24.3 Å². The zero-order chi connectivity index (χ0) is 21.3. The van der Waals surface area contributed by atoms with Gasteiger partial charge in [0.2, 0.25) is 0 Å². The molecule has 0 aliphatic carbocycles. The van der Waals surface area contributed by atoms with E-state index in [2.05, 4.69) is 20.0 Å². The highest BCUT2D eigenvalue weighted by Gasteiger charge is 2.35. The molecule has 4 nitrogen and oxygen atoms in total. The first-order valence-electron chi connectivity index (χ1n) is 9.72. The molecule has 1 aliphatic rings. The van der Waals surface area contributed by atoms with Crippen LogP contribution in [0.1, 0.15) is 22.7 Å². The zero-order valence-electron chi connectivity index (χ0n) is 16.5. The Kier molecular flexibility index (Phi) is 5.62. The number of likely N-dealkylation sites (N-methyl/N-ethyl adjacent to an activating group) is 1. The number of hydrogen-bond donors (Lipinski definition) is 1. The number of hydrogen-bond acceptors (Lipinski definition) is 3. The summed E-state index contributed by atoms with van der Waals surface area (Å²) in [6.07, 6.45) is -1.15. The Morgan fingerprint density at radius 2 is 1.70 bits per heavy atom. The van der Waals surface area contributed by atoms with Gasteiger partial charge in [0, 0.05) is 43.5 Å². The highest BCUT2D eigenvalue weighted by Crippen LogP contribution is 2.40. The standard InChI is InChI=1S/C22H22F4N4/c1-29-8-10-30(11-9-29)21(16-13-27-28-14-16)15-6-7-19(22(24,25)26)18(12-15)17-4-2-3-5-20(17)23/h2-7,12-14,21H,8-11H2,1H3,(H,27,28). The molecule has 4 rings (SSSR count). The lowest BCUT2D eigenvalue weighted by Crippen LogP contribution is -2.46. The van der Waals surface area contributed by atoms with Gasteiger partial charge in [0.25, 0.3) is 0 Å². The summed E-state index contributed by atoms with van der Waals surface area (Å²) in [5.74, 6) is -0.681. The van der Waals surface area contributed by atoms with Crippen molar-refractivity contribution >= 4 is 0 Å². The summed E-state index contributed by atoms with van der Waals surface area (Å²) in [7, 11) is 2.04. The summed E-state index contributed by atoms with van der Waals surface area (Å²) in [5.41, 5.74) is 0.475. The second-order valence-corrected chi connectivity index (χ2v) is 7.56. The van der Waals surface area contributed by atoms with Crippen molar-refractivity contribution < 1.29 is 17.6 Å². The summed E-state index contributed by atoms with van der Waals surface area (Å²) in [5, 5.41) is 6.82. The van der Waals surface area contributed by atoms with Gasteiger partial charge in [0.1, 0.15) is 5.82 Å². The number of H-pyrrole nitrogens is 1. The number of piperazine rings is 1. The van der Waals surface area contributed by atoms with Crippen molar-refractivity contribution in [1.82, 2.24) is 20.0 Å². The predicted molar refractivity (Wildman–Crippen MR) is 106 cm³/mol. The van der Waals surface area contributed by atoms with E-state index in [-0.39, 0.29) is 17.2 Å². The fraction of sp³-hybridized carbons (Fsp3) is 0.318. The average Bonchev–Trinajstić information content (AvgIpc) is 3.23. The normalized spacial score (nSPS) is 17.2. The van der Waals surface area contributed by atoms with Crippen molar-refractivity contribution in [2.45, 2.75) is 12.2 Å². The number of alkyl halides is 3. The van der Waals surface area contributed by atoms with E-state index in [0.717, 1.165) is 37.8 Å². The van der Waals surface area contributed by atoms with Crippen molar-refractivity contribution in [3.8, 4) is 11.1 Å². The van der Waals surface area contributed by atoms with Crippen LogP contribution in [0.5, 0.6) is 0 Å². The molecule has 3 aromatic rings. The Morgan fingerprint density at radius 3 is 2.33 bits per heavy atom. The number of aromatic nitrogens is 2. The van der Waals surface area contributed by atoms with Crippen LogP contribution >= 0.6 is 0 Å². The summed E-state index contributed by atoms with van der Waals surface area (Å²) in [4.78, 5) is 4.43. The van der Waals surface area contributed by atoms with E-state index < -0.39 is 17.6 Å². The van der Waals surface area contributed by atoms with E-state index in [1.54, 1.807) is 18.5 Å². The van der Waals surface area contributed by atoms with Crippen LogP contribution < -0.4 is 0 Å². The quantitative estimate of drug-likeness (QED) is 0.631. The molecule has 1 fully saturated rings. The third-order valence-corrected chi connectivity index (χ3v) is 5.57. The first-order chi connectivity index (χ1) is 14.3. The Morgan fingerprint density at radius 1 is 0.967 bits per heavy atom. The highest BCUT2D eigenvalue weighted by atomic mass is 19.4. The number of nitrogens with zero attached hydrogens (tertiary/aromatic N) is 3. The zero-order valence-corrected chi connectivity index (χ0v) is 16.5. The largest absolute Gasteiger partial charge is 0.417 e. The molecule has 0 spiro atoms. The molecular weight excluding hydrogens is 396 g/mol. The van der Waals surface area contributed by atoms with E-state index >= 15 is 0 Å². The maximum Gasteiger partial charge on any atom is 0.417 e. The maximum absolute atomic E-state index is 14.4. The molecule has 0 radical (unpaired) electrons. The number of aromatic amines is 1. The van der Waals surface area contributed by atoms with Crippen LogP contribution in [0.2, 0.25) is 0 Å². The van der Waals surface area contributed by atoms with Gasteiger partial charge in [-0.15, -0.1) is 0 Å². The average molecular weight is 418 g/mol. The molecule has 1 aliphatic heterocycles. The third-order valence-electron chi connectivity index (χ3n) is 5.57. The molecule has 30 heavy (non-hydrogen) atoms. The van der Waals surface area contributed by atoms with Gasteiger partial charge >= 0.3 is 6.18 Å². The first-order valence-corrected chi connectivity index (χ1v) is 9.72. The Hall–Kier alpha value is -2.71.